The third-order valence-electron chi connectivity index (χ3n) is 2.45. The smallest absolute Gasteiger partial charge is 0.330 e. The van der Waals surface area contributed by atoms with Gasteiger partial charge in [-0.25, -0.2) is 4.79 Å². The average Bonchev–Trinajstić information content (AvgIpc) is 2.35. The number of rotatable bonds is 6. The molecule has 1 N–H and O–H groups in total. The van der Waals surface area contributed by atoms with Crippen molar-refractivity contribution in [3.05, 3.63) is 46.5 Å². The van der Waals surface area contributed by atoms with E-state index >= 15 is 0 Å². The average molecular weight is 312 g/mol. The minimum Gasteiger partial charge on any atom is -0.463 e. The lowest BCUT2D eigenvalue weighted by atomic mass is 10.1. The molecular weight excluding hydrogens is 294 g/mol. The van der Waals surface area contributed by atoms with E-state index in [2.05, 4.69) is 40.3 Å². The summed E-state index contributed by atoms with van der Waals surface area (Å²) in [6.45, 7) is 4.92. The SMILES string of the molecule is CCOC(=O)/C=C/CNC(C)c1ccc(Br)cc1. The predicted molar refractivity (Wildman–Crippen MR) is 76.3 cm³/mol. The topological polar surface area (TPSA) is 38.3 Å². The molecule has 0 aliphatic rings. The van der Waals surface area contributed by atoms with E-state index in [4.69, 9.17) is 4.74 Å². The fraction of sp³-hybridized carbons (Fsp3) is 0.357. The van der Waals surface area contributed by atoms with Gasteiger partial charge in [-0.05, 0) is 31.5 Å². The molecular formula is C14H18BrNO2. The van der Waals surface area contributed by atoms with Crippen LogP contribution in [0.4, 0.5) is 0 Å². The van der Waals surface area contributed by atoms with E-state index in [0.29, 0.717) is 13.2 Å². The van der Waals surface area contributed by atoms with E-state index in [9.17, 15) is 4.79 Å². The van der Waals surface area contributed by atoms with E-state index < -0.39 is 0 Å². The zero-order valence-corrected chi connectivity index (χ0v) is 12.2. The number of hydrogen-bond donors (Lipinski definition) is 1. The van der Waals surface area contributed by atoms with Crippen LogP contribution in [0.5, 0.6) is 0 Å². The molecule has 1 atom stereocenters. The Kier molecular flexibility index (Phi) is 6.68. The van der Waals surface area contributed by atoms with Crippen molar-refractivity contribution in [3.63, 3.8) is 0 Å². The van der Waals surface area contributed by atoms with Gasteiger partial charge in [0.05, 0.1) is 6.61 Å². The van der Waals surface area contributed by atoms with Gasteiger partial charge in [0, 0.05) is 23.1 Å². The lowest BCUT2D eigenvalue weighted by Crippen LogP contribution is -2.18. The second-order valence-electron chi connectivity index (χ2n) is 3.84. The van der Waals surface area contributed by atoms with Crippen molar-refractivity contribution in [2.75, 3.05) is 13.2 Å². The number of ether oxygens (including phenoxy) is 1. The van der Waals surface area contributed by atoms with E-state index in [1.807, 2.05) is 12.1 Å². The molecule has 18 heavy (non-hydrogen) atoms. The Hall–Kier alpha value is -1.13. The molecule has 1 rings (SSSR count). The van der Waals surface area contributed by atoms with Crippen LogP contribution in [-0.4, -0.2) is 19.1 Å². The van der Waals surface area contributed by atoms with Crippen molar-refractivity contribution in [1.82, 2.24) is 5.32 Å². The van der Waals surface area contributed by atoms with Gasteiger partial charge in [0.1, 0.15) is 0 Å². The molecule has 4 heteroatoms. The molecule has 0 aliphatic carbocycles. The summed E-state index contributed by atoms with van der Waals surface area (Å²) in [5.41, 5.74) is 1.21. The number of hydrogen-bond acceptors (Lipinski definition) is 3. The van der Waals surface area contributed by atoms with Crippen molar-refractivity contribution < 1.29 is 9.53 Å². The molecule has 0 aromatic heterocycles. The molecule has 3 nitrogen and oxygen atoms in total. The summed E-state index contributed by atoms with van der Waals surface area (Å²) >= 11 is 3.41. The highest BCUT2D eigenvalue weighted by atomic mass is 79.9. The van der Waals surface area contributed by atoms with Gasteiger partial charge >= 0.3 is 5.97 Å². The monoisotopic (exact) mass is 311 g/mol. The first-order valence-electron chi connectivity index (χ1n) is 5.95. The highest BCUT2D eigenvalue weighted by Gasteiger charge is 2.02. The highest BCUT2D eigenvalue weighted by Crippen LogP contribution is 2.16. The van der Waals surface area contributed by atoms with Gasteiger partial charge in [-0.15, -0.1) is 0 Å². The fourth-order valence-electron chi connectivity index (χ4n) is 1.46. The molecule has 1 unspecified atom stereocenters. The minimum atomic E-state index is -0.296. The maximum Gasteiger partial charge on any atom is 0.330 e. The summed E-state index contributed by atoms with van der Waals surface area (Å²) in [5.74, 6) is -0.296. The number of halogens is 1. The van der Waals surface area contributed by atoms with Gasteiger partial charge in [0.15, 0.2) is 0 Å². The first kappa shape index (κ1) is 14.9. The molecule has 0 saturated heterocycles. The van der Waals surface area contributed by atoms with Crippen LogP contribution in [0.15, 0.2) is 40.9 Å². The Labute approximate surface area is 116 Å². The van der Waals surface area contributed by atoms with E-state index in [1.165, 1.54) is 11.6 Å². The van der Waals surface area contributed by atoms with Crippen LogP contribution in [0.1, 0.15) is 25.5 Å². The Morgan fingerprint density at radius 1 is 1.44 bits per heavy atom. The Morgan fingerprint density at radius 2 is 2.11 bits per heavy atom. The summed E-state index contributed by atoms with van der Waals surface area (Å²) in [6.07, 6.45) is 3.22. The first-order chi connectivity index (χ1) is 8.63. The van der Waals surface area contributed by atoms with Crippen LogP contribution in [-0.2, 0) is 9.53 Å². The molecule has 0 amide bonds. The summed E-state index contributed by atoms with van der Waals surface area (Å²) < 4.78 is 5.86. The molecule has 0 saturated carbocycles. The first-order valence-corrected chi connectivity index (χ1v) is 6.75. The largest absolute Gasteiger partial charge is 0.463 e. The minimum absolute atomic E-state index is 0.241. The van der Waals surface area contributed by atoms with Crippen LogP contribution in [0.25, 0.3) is 0 Å². The molecule has 1 aromatic carbocycles. The molecule has 0 radical (unpaired) electrons. The van der Waals surface area contributed by atoms with Crippen molar-refractivity contribution in [3.8, 4) is 0 Å². The van der Waals surface area contributed by atoms with Gasteiger partial charge in [-0.2, -0.15) is 0 Å². The van der Waals surface area contributed by atoms with E-state index in [0.717, 1.165) is 4.47 Å². The fourth-order valence-corrected chi connectivity index (χ4v) is 1.72. The third-order valence-corrected chi connectivity index (χ3v) is 2.98. The number of nitrogens with one attached hydrogen (secondary N) is 1. The third kappa shape index (κ3) is 5.47. The zero-order valence-electron chi connectivity index (χ0n) is 10.7. The van der Waals surface area contributed by atoms with Crippen LogP contribution in [0.3, 0.4) is 0 Å². The summed E-state index contributed by atoms with van der Waals surface area (Å²) in [4.78, 5) is 11.1. The quantitative estimate of drug-likeness (QED) is 0.647. The highest BCUT2D eigenvalue weighted by molar-refractivity contribution is 9.10. The van der Waals surface area contributed by atoms with Gasteiger partial charge in [0.25, 0.3) is 0 Å². The number of carbonyl (C=O) groups excluding carboxylic acids is 1. The van der Waals surface area contributed by atoms with Crippen molar-refractivity contribution in [2.24, 2.45) is 0 Å². The van der Waals surface area contributed by atoms with Crippen molar-refractivity contribution in [2.45, 2.75) is 19.9 Å². The molecule has 0 spiro atoms. The number of benzene rings is 1. The second-order valence-corrected chi connectivity index (χ2v) is 4.75. The van der Waals surface area contributed by atoms with Crippen LogP contribution < -0.4 is 5.32 Å². The van der Waals surface area contributed by atoms with E-state index in [-0.39, 0.29) is 12.0 Å². The van der Waals surface area contributed by atoms with Gasteiger partial charge in [-0.3, -0.25) is 0 Å². The summed E-state index contributed by atoms with van der Waals surface area (Å²) in [7, 11) is 0. The zero-order chi connectivity index (χ0) is 13.4. The van der Waals surface area contributed by atoms with Crippen LogP contribution >= 0.6 is 15.9 Å². The molecule has 0 heterocycles. The normalized spacial score (nSPS) is 12.6. The summed E-state index contributed by atoms with van der Waals surface area (Å²) in [6, 6.07) is 8.40. The standard InChI is InChI=1S/C14H18BrNO2/c1-3-18-14(17)5-4-10-16-11(2)12-6-8-13(15)9-7-12/h4-9,11,16H,3,10H2,1-2H3/b5-4+. The lowest BCUT2D eigenvalue weighted by Gasteiger charge is -2.12. The maximum atomic E-state index is 11.1. The van der Waals surface area contributed by atoms with Gasteiger partial charge in [-0.1, -0.05) is 34.1 Å². The second kappa shape index (κ2) is 8.06. The van der Waals surface area contributed by atoms with Crippen LogP contribution in [0, 0.1) is 0 Å². The van der Waals surface area contributed by atoms with Crippen molar-refractivity contribution in [1.29, 1.82) is 0 Å². The lowest BCUT2D eigenvalue weighted by molar-refractivity contribution is -0.137. The Balaban J connectivity index is 2.35. The summed E-state index contributed by atoms with van der Waals surface area (Å²) in [5, 5.41) is 3.31. The molecule has 0 aliphatic heterocycles. The predicted octanol–water partition coefficient (Wildman–Crippen LogP) is 3.22. The number of carbonyl (C=O) groups is 1. The van der Waals surface area contributed by atoms with Crippen molar-refractivity contribution >= 4 is 21.9 Å². The van der Waals surface area contributed by atoms with Crippen LogP contribution in [0.2, 0.25) is 0 Å². The molecule has 0 bridgehead atoms. The molecule has 0 fully saturated rings. The van der Waals surface area contributed by atoms with Gasteiger partial charge in [0.2, 0.25) is 0 Å². The Morgan fingerprint density at radius 3 is 2.72 bits per heavy atom. The Bertz CT molecular complexity index is 401. The molecule has 98 valence electrons. The van der Waals surface area contributed by atoms with Gasteiger partial charge < -0.3 is 10.1 Å². The molecule has 1 aromatic rings. The van der Waals surface area contributed by atoms with E-state index in [1.54, 1.807) is 13.0 Å². The number of esters is 1. The maximum absolute atomic E-state index is 11.1.